The second-order valence-electron chi connectivity index (χ2n) is 6.05. The van der Waals surface area contributed by atoms with Crippen LogP contribution in [0.2, 0.25) is 0 Å². The maximum absolute atomic E-state index is 12.8. The van der Waals surface area contributed by atoms with Gasteiger partial charge in [-0.05, 0) is 37.8 Å². The predicted molar refractivity (Wildman–Crippen MR) is 77.7 cm³/mol. The number of nitrogens with zero attached hydrogens (tertiary/aromatic N) is 2. The van der Waals surface area contributed by atoms with E-state index in [0.717, 1.165) is 18.5 Å². The zero-order valence-electron chi connectivity index (χ0n) is 12.0. The van der Waals surface area contributed by atoms with E-state index >= 15 is 0 Å². The Balaban J connectivity index is 1.78. The van der Waals surface area contributed by atoms with Gasteiger partial charge in [-0.1, -0.05) is 19.3 Å². The molecule has 1 aromatic rings. The summed E-state index contributed by atoms with van der Waals surface area (Å²) in [6.07, 6.45) is 10.2. The first-order valence-corrected chi connectivity index (χ1v) is 7.90. The van der Waals surface area contributed by atoms with Crippen molar-refractivity contribution in [2.24, 2.45) is 0 Å². The first kappa shape index (κ1) is 13.7. The highest BCUT2D eigenvalue weighted by molar-refractivity contribution is 5.93. The van der Waals surface area contributed by atoms with Crippen LogP contribution in [0.1, 0.15) is 61.5 Å². The van der Waals surface area contributed by atoms with Gasteiger partial charge in [0.05, 0.1) is 6.61 Å². The van der Waals surface area contributed by atoms with E-state index in [1.54, 1.807) is 0 Å². The Morgan fingerprint density at radius 1 is 1.25 bits per heavy atom. The third-order valence-electron chi connectivity index (χ3n) is 4.56. The Kier molecular flexibility index (Phi) is 4.10. The van der Waals surface area contributed by atoms with Crippen molar-refractivity contribution in [2.45, 2.75) is 57.0 Å². The van der Waals surface area contributed by atoms with E-state index in [9.17, 15) is 9.90 Å². The van der Waals surface area contributed by atoms with Gasteiger partial charge in [0.15, 0.2) is 0 Å². The van der Waals surface area contributed by atoms with Gasteiger partial charge in [0.1, 0.15) is 5.69 Å². The molecule has 20 heavy (non-hydrogen) atoms. The van der Waals surface area contributed by atoms with Crippen LogP contribution in [0.5, 0.6) is 0 Å². The highest BCUT2D eigenvalue weighted by atomic mass is 16.3. The lowest BCUT2D eigenvalue weighted by Crippen LogP contribution is -2.43. The highest BCUT2D eigenvalue weighted by Gasteiger charge is 2.31. The minimum atomic E-state index is 0.0480. The summed E-state index contributed by atoms with van der Waals surface area (Å²) in [5, 5.41) is 9.30. The molecule has 1 aromatic heterocycles. The maximum Gasteiger partial charge on any atom is 0.270 e. The Morgan fingerprint density at radius 2 is 2.00 bits per heavy atom. The average Bonchev–Trinajstić information content (AvgIpc) is 3.22. The monoisotopic (exact) mass is 276 g/mol. The van der Waals surface area contributed by atoms with E-state index in [1.165, 1.54) is 32.1 Å². The second-order valence-corrected chi connectivity index (χ2v) is 6.05. The summed E-state index contributed by atoms with van der Waals surface area (Å²) in [6, 6.07) is 4.72. The standard InChI is InChI=1S/C16H24N2O2/c19-12-11-18(13-5-2-1-3-6-13)16(20)15-7-4-10-17(15)14-8-9-14/h4,7,10,13-14,19H,1-3,5-6,8-9,11-12H2. The van der Waals surface area contributed by atoms with Crippen molar-refractivity contribution < 1.29 is 9.90 Å². The minimum absolute atomic E-state index is 0.0480. The van der Waals surface area contributed by atoms with Crippen LogP contribution in [0.25, 0.3) is 0 Å². The highest BCUT2D eigenvalue weighted by Crippen LogP contribution is 2.36. The van der Waals surface area contributed by atoms with Crippen LogP contribution in [0.3, 0.4) is 0 Å². The number of amides is 1. The van der Waals surface area contributed by atoms with Crippen LogP contribution in [0, 0.1) is 0 Å². The van der Waals surface area contributed by atoms with E-state index in [1.807, 2.05) is 23.2 Å². The SMILES string of the molecule is O=C(c1cccn1C1CC1)N(CCO)C1CCCCC1. The maximum atomic E-state index is 12.8. The van der Waals surface area contributed by atoms with Crippen molar-refractivity contribution in [1.82, 2.24) is 9.47 Å². The lowest BCUT2D eigenvalue weighted by Gasteiger charge is -2.34. The summed E-state index contributed by atoms with van der Waals surface area (Å²) in [6.45, 7) is 0.506. The van der Waals surface area contributed by atoms with Gasteiger partial charge in [-0.15, -0.1) is 0 Å². The van der Waals surface area contributed by atoms with Gasteiger partial charge in [0, 0.05) is 24.8 Å². The Labute approximate surface area is 120 Å². The number of hydrogen-bond donors (Lipinski definition) is 1. The lowest BCUT2D eigenvalue weighted by molar-refractivity contribution is 0.0574. The molecular weight excluding hydrogens is 252 g/mol. The number of carbonyl (C=O) groups is 1. The molecule has 110 valence electrons. The molecule has 2 saturated carbocycles. The van der Waals surface area contributed by atoms with E-state index in [4.69, 9.17) is 0 Å². The van der Waals surface area contributed by atoms with Crippen molar-refractivity contribution in [2.75, 3.05) is 13.2 Å². The van der Waals surface area contributed by atoms with Crippen LogP contribution in [-0.2, 0) is 0 Å². The van der Waals surface area contributed by atoms with E-state index in [0.29, 0.717) is 18.6 Å². The van der Waals surface area contributed by atoms with Crippen LogP contribution >= 0.6 is 0 Å². The zero-order chi connectivity index (χ0) is 13.9. The molecule has 1 N–H and O–H groups in total. The molecule has 1 amide bonds. The predicted octanol–water partition coefficient (Wildman–Crippen LogP) is 2.59. The molecule has 0 unspecified atom stereocenters. The van der Waals surface area contributed by atoms with Gasteiger partial charge in [0.2, 0.25) is 0 Å². The van der Waals surface area contributed by atoms with Gasteiger partial charge in [-0.2, -0.15) is 0 Å². The first-order valence-electron chi connectivity index (χ1n) is 7.90. The molecule has 2 fully saturated rings. The smallest absolute Gasteiger partial charge is 0.270 e. The normalized spacial score (nSPS) is 20.1. The summed E-state index contributed by atoms with van der Waals surface area (Å²) in [7, 11) is 0. The van der Waals surface area contributed by atoms with Crippen LogP contribution < -0.4 is 0 Å². The number of aliphatic hydroxyl groups excluding tert-OH is 1. The molecule has 0 radical (unpaired) electrons. The number of aromatic nitrogens is 1. The fourth-order valence-electron chi connectivity index (χ4n) is 3.34. The lowest BCUT2D eigenvalue weighted by atomic mass is 9.94. The van der Waals surface area contributed by atoms with E-state index in [-0.39, 0.29) is 12.5 Å². The Morgan fingerprint density at radius 3 is 2.65 bits per heavy atom. The van der Waals surface area contributed by atoms with Crippen LogP contribution in [0.4, 0.5) is 0 Å². The van der Waals surface area contributed by atoms with Crippen molar-refractivity contribution in [1.29, 1.82) is 0 Å². The zero-order valence-corrected chi connectivity index (χ0v) is 12.0. The molecule has 0 atom stereocenters. The molecule has 4 nitrogen and oxygen atoms in total. The molecule has 2 aliphatic rings. The summed E-state index contributed by atoms with van der Waals surface area (Å²) < 4.78 is 2.12. The average molecular weight is 276 g/mol. The van der Waals surface area contributed by atoms with Gasteiger partial charge in [0.25, 0.3) is 5.91 Å². The minimum Gasteiger partial charge on any atom is -0.395 e. The molecule has 0 spiro atoms. The number of hydrogen-bond acceptors (Lipinski definition) is 2. The summed E-state index contributed by atoms with van der Waals surface area (Å²) in [5.74, 6) is 0.0999. The third-order valence-corrected chi connectivity index (χ3v) is 4.56. The van der Waals surface area contributed by atoms with Crippen molar-refractivity contribution in [3.8, 4) is 0 Å². The number of carbonyl (C=O) groups excluding carboxylic acids is 1. The Bertz CT molecular complexity index is 459. The fourth-order valence-corrected chi connectivity index (χ4v) is 3.34. The molecular formula is C16H24N2O2. The Hall–Kier alpha value is -1.29. The summed E-state index contributed by atoms with van der Waals surface area (Å²) in [5.41, 5.74) is 0.798. The third kappa shape index (κ3) is 2.75. The van der Waals surface area contributed by atoms with E-state index in [2.05, 4.69) is 4.57 Å². The fraction of sp³-hybridized carbons (Fsp3) is 0.688. The molecule has 0 aromatic carbocycles. The molecule has 0 saturated heterocycles. The van der Waals surface area contributed by atoms with Crippen molar-refractivity contribution >= 4 is 5.91 Å². The second kappa shape index (κ2) is 6.00. The van der Waals surface area contributed by atoms with Gasteiger partial charge < -0.3 is 14.6 Å². The molecule has 1 heterocycles. The number of aliphatic hydroxyl groups is 1. The summed E-state index contributed by atoms with van der Waals surface area (Å²) in [4.78, 5) is 14.8. The van der Waals surface area contributed by atoms with Crippen molar-refractivity contribution in [3.05, 3.63) is 24.0 Å². The molecule has 4 heteroatoms. The first-order chi connectivity index (χ1) is 9.81. The summed E-state index contributed by atoms with van der Waals surface area (Å²) >= 11 is 0. The van der Waals surface area contributed by atoms with E-state index < -0.39 is 0 Å². The molecule has 3 rings (SSSR count). The van der Waals surface area contributed by atoms with Crippen molar-refractivity contribution in [3.63, 3.8) is 0 Å². The largest absolute Gasteiger partial charge is 0.395 e. The van der Waals surface area contributed by atoms with Gasteiger partial charge in [-0.3, -0.25) is 4.79 Å². The van der Waals surface area contributed by atoms with Crippen LogP contribution in [-0.4, -0.2) is 39.7 Å². The quantitative estimate of drug-likeness (QED) is 0.898. The molecule has 0 aliphatic heterocycles. The van der Waals surface area contributed by atoms with Gasteiger partial charge >= 0.3 is 0 Å². The van der Waals surface area contributed by atoms with Crippen LogP contribution in [0.15, 0.2) is 18.3 Å². The molecule has 0 bridgehead atoms. The van der Waals surface area contributed by atoms with Gasteiger partial charge in [-0.25, -0.2) is 0 Å². The number of rotatable bonds is 5. The topological polar surface area (TPSA) is 45.5 Å². The molecule has 2 aliphatic carbocycles.